The molecule has 1 aliphatic rings. The van der Waals surface area contributed by atoms with E-state index in [4.69, 9.17) is 0 Å². The first kappa shape index (κ1) is 16.0. The highest BCUT2D eigenvalue weighted by molar-refractivity contribution is 5.88. The molecule has 0 aliphatic carbocycles. The Morgan fingerprint density at radius 3 is 2.52 bits per heavy atom. The lowest BCUT2D eigenvalue weighted by atomic mass is 9.98. The van der Waals surface area contributed by atoms with Gasteiger partial charge in [-0.15, -0.1) is 0 Å². The number of hydrogen-bond donors (Lipinski definition) is 1. The summed E-state index contributed by atoms with van der Waals surface area (Å²) >= 11 is 0. The molecule has 3 unspecified atom stereocenters. The standard InChI is InChI=1S/C18H28N2O/c1-5-7-11-14(3)20-16(15-12-9-8-10-13-15)19-18(4,6-2)17(20)21/h8-10,12-14,16,19H,5-7,11H2,1-4H3. The van der Waals surface area contributed by atoms with Gasteiger partial charge in [-0.25, -0.2) is 0 Å². The number of rotatable bonds is 6. The Bertz CT molecular complexity index is 473. The minimum Gasteiger partial charge on any atom is -0.319 e. The Hall–Kier alpha value is -1.35. The van der Waals surface area contributed by atoms with Gasteiger partial charge in [0.05, 0.1) is 5.54 Å². The molecular weight excluding hydrogens is 260 g/mol. The van der Waals surface area contributed by atoms with E-state index in [0.29, 0.717) is 0 Å². The van der Waals surface area contributed by atoms with Gasteiger partial charge in [0.2, 0.25) is 5.91 Å². The molecule has 1 fully saturated rings. The maximum absolute atomic E-state index is 12.9. The fourth-order valence-corrected chi connectivity index (χ4v) is 3.06. The van der Waals surface area contributed by atoms with Crippen LogP contribution in [-0.4, -0.2) is 22.4 Å². The summed E-state index contributed by atoms with van der Waals surface area (Å²) in [6.45, 7) is 8.47. The van der Waals surface area contributed by atoms with E-state index in [2.05, 4.69) is 43.1 Å². The molecule has 3 heteroatoms. The summed E-state index contributed by atoms with van der Waals surface area (Å²) in [4.78, 5) is 15.0. The van der Waals surface area contributed by atoms with Crippen molar-refractivity contribution in [2.75, 3.05) is 0 Å². The lowest BCUT2D eigenvalue weighted by molar-refractivity contribution is -0.135. The first-order valence-electron chi connectivity index (χ1n) is 8.19. The molecule has 1 amide bonds. The monoisotopic (exact) mass is 288 g/mol. The van der Waals surface area contributed by atoms with Crippen LogP contribution in [0.2, 0.25) is 0 Å². The fourth-order valence-electron chi connectivity index (χ4n) is 3.06. The van der Waals surface area contributed by atoms with E-state index in [9.17, 15) is 4.79 Å². The van der Waals surface area contributed by atoms with Crippen LogP contribution in [0.4, 0.5) is 0 Å². The van der Waals surface area contributed by atoms with Gasteiger partial charge in [0, 0.05) is 6.04 Å². The van der Waals surface area contributed by atoms with Crippen LogP contribution < -0.4 is 5.32 Å². The van der Waals surface area contributed by atoms with Crippen molar-refractivity contribution in [1.29, 1.82) is 0 Å². The Balaban J connectivity index is 2.30. The molecule has 21 heavy (non-hydrogen) atoms. The molecule has 3 nitrogen and oxygen atoms in total. The van der Waals surface area contributed by atoms with E-state index in [1.54, 1.807) is 0 Å². The van der Waals surface area contributed by atoms with Crippen LogP contribution in [0.3, 0.4) is 0 Å². The lowest BCUT2D eigenvalue weighted by Crippen LogP contribution is -2.44. The first-order valence-corrected chi connectivity index (χ1v) is 8.19. The number of amides is 1. The maximum Gasteiger partial charge on any atom is 0.244 e. The molecule has 0 spiro atoms. The Labute approximate surface area is 128 Å². The molecule has 116 valence electrons. The van der Waals surface area contributed by atoms with E-state index >= 15 is 0 Å². The minimum atomic E-state index is -0.443. The summed E-state index contributed by atoms with van der Waals surface area (Å²) < 4.78 is 0. The first-order chi connectivity index (χ1) is 10.0. The van der Waals surface area contributed by atoms with Gasteiger partial charge >= 0.3 is 0 Å². The second-order valence-electron chi connectivity index (χ2n) is 6.35. The molecule has 0 bridgehead atoms. The molecule has 2 rings (SSSR count). The van der Waals surface area contributed by atoms with Crippen molar-refractivity contribution >= 4 is 5.91 Å². The summed E-state index contributed by atoms with van der Waals surface area (Å²) in [5.74, 6) is 0.238. The summed E-state index contributed by atoms with van der Waals surface area (Å²) in [5.41, 5.74) is 0.729. The quantitative estimate of drug-likeness (QED) is 0.862. The molecule has 1 heterocycles. The van der Waals surface area contributed by atoms with Crippen molar-refractivity contribution < 1.29 is 4.79 Å². The number of carbonyl (C=O) groups excluding carboxylic acids is 1. The Morgan fingerprint density at radius 1 is 1.29 bits per heavy atom. The highest BCUT2D eigenvalue weighted by atomic mass is 16.2. The van der Waals surface area contributed by atoms with E-state index in [0.717, 1.165) is 19.3 Å². The molecule has 1 aromatic rings. The van der Waals surface area contributed by atoms with E-state index in [-0.39, 0.29) is 18.1 Å². The van der Waals surface area contributed by atoms with Crippen LogP contribution in [0, 0.1) is 0 Å². The van der Waals surface area contributed by atoms with Crippen molar-refractivity contribution in [3.8, 4) is 0 Å². The largest absolute Gasteiger partial charge is 0.319 e. The Kier molecular flexibility index (Phi) is 5.04. The number of carbonyl (C=O) groups is 1. The summed E-state index contributed by atoms with van der Waals surface area (Å²) in [5, 5.41) is 3.57. The highest BCUT2D eigenvalue weighted by Gasteiger charge is 2.48. The SMILES string of the molecule is CCCCC(C)N1C(=O)C(C)(CC)NC1c1ccccc1. The third-order valence-corrected chi connectivity index (χ3v) is 4.71. The molecule has 0 saturated carbocycles. The van der Waals surface area contributed by atoms with Crippen LogP contribution in [0.5, 0.6) is 0 Å². The van der Waals surface area contributed by atoms with Gasteiger partial charge in [-0.05, 0) is 32.3 Å². The minimum absolute atomic E-state index is 0.00416. The highest BCUT2D eigenvalue weighted by Crippen LogP contribution is 2.35. The van der Waals surface area contributed by atoms with Gasteiger partial charge in [-0.1, -0.05) is 57.0 Å². The van der Waals surface area contributed by atoms with Gasteiger partial charge in [-0.2, -0.15) is 0 Å². The molecule has 1 aliphatic heterocycles. The van der Waals surface area contributed by atoms with Gasteiger partial charge < -0.3 is 4.90 Å². The van der Waals surface area contributed by atoms with Crippen molar-refractivity contribution in [2.45, 2.75) is 71.1 Å². The third kappa shape index (κ3) is 3.13. The van der Waals surface area contributed by atoms with E-state index in [1.807, 2.05) is 25.1 Å². The predicted molar refractivity (Wildman–Crippen MR) is 86.8 cm³/mol. The number of benzene rings is 1. The normalized spacial score (nSPS) is 27.1. The average Bonchev–Trinajstić information content (AvgIpc) is 2.78. The third-order valence-electron chi connectivity index (χ3n) is 4.71. The molecule has 0 aromatic heterocycles. The maximum atomic E-state index is 12.9. The smallest absolute Gasteiger partial charge is 0.244 e. The van der Waals surface area contributed by atoms with Crippen molar-refractivity contribution in [3.05, 3.63) is 35.9 Å². The summed E-state index contributed by atoms with van der Waals surface area (Å²) in [6, 6.07) is 10.6. The molecule has 1 saturated heterocycles. The van der Waals surface area contributed by atoms with Gasteiger partial charge in [-0.3, -0.25) is 10.1 Å². The second-order valence-corrected chi connectivity index (χ2v) is 6.35. The van der Waals surface area contributed by atoms with Crippen LogP contribution >= 0.6 is 0 Å². The zero-order valence-electron chi connectivity index (χ0n) is 13.7. The number of nitrogens with zero attached hydrogens (tertiary/aromatic N) is 1. The number of unbranched alkanes of at least 4 members (excludes halogenated alkanes) is 1. The summed E-state index contributed by atoms with van der Waals surface area (Å²) in [7, 11) is 0. The van der Waals surface area contributed by atoms with Gasteiger partial charge in [0.1, 0.15) is 6.17 Å². The van der Waals surface area contributed by atoms with Crippen LogP contribution in [0.25, 0.3) is 0 Å². The summed E-state index contributed by atoms with van der Waals surface area (Å²) in [6.07, 6.45) is 4.20. The van der Waals surface area contributed by atoms with E-state index in [1.165, 1.54) is 12.0 Å². The molecular formula is C18H28N2O. The van der Waals surface area contributed by atoms with E-state index < -0.39 is 5.54 Å². The zero-order chi connectivity index (χ0) is 15.5. The van der Waals surface area contributed by atoms with Gasteiger partial charge in [0.25, 0.3) is 0 Å². The van der Waals surface area contributed by atoms with Gasteiger partial charge in [0.15, 0.2) is 0 Å². The second kappa shape index (κ2) is 6.61. The molecule has 3 atom stereocenters. The lowest BCUT2D eigenvalue weighted by Gasteiger charge is -2.31. The fraction of sp³-hybridized carbons (Fsp3) is 0.611. The van der Waals surface area contributed by atoms with Crippen LogP contribution in [0.1, 0.15) is 65.1 Å². The zero-order valence-corrected chi connectivity index (χ0v) is 13.7. The number of nitrogens with one attached hydrogen (secondary N) is 1. The predicted octanol–water partition coefficient (Wildman–Crippen LogP) is 3.86. The van der Waals surface area contributed by atoms with Crippen molar-refractivity contribution in [3.63, 3.8) is 0 Å². The van der Waals surface area contributed by atoms with Crippen molar-refractivity contribution in [2.24, 2.45) is 0 Å². The molecule has 0 radical (unpaired) electrons. The topological polar surface area (TPSA) is 32.3 Å². The van der Waals surface area contributed by atoms with Crippen molar-refractivity contribution in [1.82, 2.24) is 10.2 Å². The Morgan fingerprint density at radius 2 is 1.95 bits per heavy atom. The molecule has 1 aromatic carbocycles. The van der Waals surface area contributed by atoms with Crippen LogP contribution in [-0.2, 0) is 4.79 Å². The average molecular weight is 288 g/mol. The number of hydrogen-bond acceptors (Lipinski definition) is 2. The van der Waals surface area contributed by atoms with Crippen LogP contribution in [0.15, 0.2) is 30.3 Å². The molecule has 1 N–H and O–H groups in total.